The Hall–Kier alpha value is 0.739. The van der Waals surface area contributed by atoms with Crippen molar-refractivity contribution in [3.05, 3.63) is 0 Å². The predicted octanol–water partition coefficient (Wildman–Crippen LogP) is -1.43. The molecule has 0 rings (SSSR count). The van der Waals surface area contributed by atoms with Crippen LogP contribution in [-0.4, -0.2) is 35.0 Å². The van der Waals surface area contributed by atoms with Crippen molar-refractivity contribution in [3.63, 3.8) is 0 Å². The number of hydrogen-bond acceptors (Lipinski definition) is 4. The van der Waals surface area contributed by atoms with E-state index in [1.807, 2.05) is 0 Å². The van der Waals surface area contributed by atoms with E-state index in [9.17, 15) is 0 Å². The maximum Gasteiger partial charge on any atom is 1.00 e. The molecule has 0 spiro atoms. The molecule has 0 bridgehead atoms. The molecule has 0 saturated carbocycles. The van der Waals surface area contributed by atoms with E-state index < -0.39 is 20.8 Å². The summed E-state index contributed by atoms with van der Waals surface area (Å²) >= 11 is 0. The maximum atomic E-state index is 8.74. The fourth-order valence-corrected chi connectivity index (χ4v) is 0. The van der Waals surface area contributed by atoms with E-state index in [1.54, 1.807) is 0 Å². The van der Waals surface area contributed by atoms with Crippen LogP contribution in [0.1, 0.15) is 0 Å². The molecule has 0 aromatic rings. The third-order valence-electron chi connectivity index (χ3n) is 0. The molecular formula is H4Cu2O9S2. The van der Waals surface area contributed by atoms with Gasteiger partial charge in [0.05, 0.1) is 0 Å². The van der Waals surface area contributed by atoms with Gasteiger partial charge in [0.1, 0.15) is 0 Å². The van der Waals surface area contributed by atoms with Gasteiger partial charge in [0.25, 0.3) is 0 Å². The molecule has 0 aromatic heterocycles. The Balaban J connectivity index is -0.0000000267. The molecule has 92 valence electrons. The van der Waals surface area contributed by atoms with Gasteiger partial charge >= 0.3 is 54.9 Å². The van der Waals surface area contributed by atoms with Gasteiger partial charge in [-0.25, -0.2) is 0 Å². The third-order valence-corrected chi connectivity index (χ3v) is 0. The SMILES string of the molecule is O=S(=O)(O)O.O=S(=O)(O)O.[Cu+].[Cu+].[O-2]. The Morgan fingerprint density at radius 3 is 0.615 bits per heavy atom. The van der Waals surface area contributed by atoms with E-state index in [0.717, 1.165) is 0 Å². The predicted molar refractivity (Wildman–Crippen MR) is 29.0 cm³/mol. The molecule has 13 heteroatoms. The summed E-state index contributed by atoms with van der Waals surface area (Å²) in [5.41, 5.74) is 0. The van der Waals surface area contributed by atoms with E-state index in [-0.39, 0.29) is 39.6 Å². The number of hydrogen-bond donors (Lipinski definition) is 4. The van der Waals surface area contributed by atoms with Crippen LogP contribution in [0.4, 0.5) is 0 Å². The van der Waals surface area contributed by atoms with Crippen molar-refractivity contribution in [2.75, 3.05) is 0 Å². The summed E-state index contributed by atoms with van der Waals surface area (Å²) in [7, 11) is -9.33. The smallest absolute Gasteiger partial charge is 1.00 e. The molecule has 0 radical (unpaired) electrons. The summed E-state index contributed by atoms with van der Waals surface area (Å²) in [5, 5.41) is 0. The molecule has 0 fully saturated rings. The molecule has 0 unspecified atom stereocenters. The van der Waals surface area contributed by atoms with Crippen LogP contribution in [0, 0.1) is 0 Å². The van der Waals surface area contributed by atoms with Gasteiger partial charge < -0.3 is 5.48 Å². The van der Waals surface area contributed by atoms with Crippen molar-refractivity contribution in [2.24, 2.45) is 0 Å². The van der Waals surface area contributed by atoms with Gasteiger partial charge in [-0.3, -0.25) is 18.2 Å². The summed E-state index contributed by atoms with van der Waals surface area (Å²) in [5.74, 6) is 0. The molecule has 0 aliphatic rings. The van der Waals surface area contributed by atoms with Crippen LogP contribution < -0.4 is 0 Å². The zero-order chi connectivity index (χ0) is 9.00. The average molecular weight is 339 g/mol. The zero-order valence-corrected chi connectivity index (χ0v) is 8.77. The Morgan fingerprint density at radius 1 is 0.615 bits per heavy atom. The van der Waals surface area contributed by atoms with Gasteiger partial charge in [0.15, 0.2) is 0 Å². The summed E-state index contributed by atoms with van der Waals surface area (Å²) in [6.45, 7) is 0. The minimum atomic E-state index is -4.67. The van der Waals surface area contributed by atoms with Crippen LogP contribution in [0.5, 0.6) is 0 Å². The van der Waals surface area contributed by atoms with E-state index in [4.69, 9.17) is 35.0 Å². The van der Waals surface area contributed by atoms with E-state index in [2.05, 4.69) is 0 Å². The van der Waals surface area contributed by atoms with Crippen molar-refractivity contribution in [1.29, 1.82) is 0 Å². The van der Waals surface area contributed by atoms with Crippen molar-refractivity contribution < 1.29 is 74.7 Å². The molecule has 9 nitrogen and oxygen atoms in total. The fourth-order valence-electron chi connectivity index (χ4n) is 0. The Labute approximate surface area is 95.3 Å². The number of rotatable bonds is 0. The molecule has 4 N–H and O–H groups in total. The average Bonchev–Trinajstić information content (AvgIpc) is 1.12. The standard InChI is InChI=1S/2Cu.2H2O4S.O/c;;2*1-5(2,3)4;/h;;2*(H2,1,2,3,4);/q2*+1;;;-2. The largest absolute Gasteiger partial charge is 2.00 e. The van der Waals surface area contributed by atoms with Crippen LogP contribution in [0.2, 0.25) is 0 Å². The Bertz CT molecular complexity index is 212. The van der Waals surface area contributed by atoms with Gasteiger partial charge in [-0.1, -0.05) is 0 Å². The van der Waals surface area contributed by atoms with Crippen LogP contribution >= 0.6 is 0 Å². The second kappa shape index (κ2) is 10.8. The first-order valence-electron chi connectivity index (χ1n) is 1.40. The van der Waals surface area contributed by atoms with E-state index in [1.165, 1.54) is 0 Å². The second-order valence-corrected chi connectivity index (χ2v) is 2.69. The van der Waals surface area contributed by atoms with E-state index >= 15 is 0 Å². The summed E-state index contributed by atoms with van der Waals surface area (Å²) in [6.07, 6.45) is 0. The van der Waals surface area contributed by atoms with Gasteiger partial charge in [-0.15, -0.1) is 0 Å². The second-order valence-electron chi connectivity index (χ2n) is 0.896. The molecule has 0 amide bonds. The molecule has 0 saturated heterocycles. The molecular weight excluding hydrogens is 335 g/mol. The Morgan fingerprint density at radius 2 is 0.615 bits per heavy atom. The van der Waals surface area contributed by atoms with Crippen molar-refractivity contribution in [1.82, 2.24) is 0 Å². The molecule has 13 heavy (non-hydrogen) atoms. The van der Waals surface area contributed by atoms with E-state index in [0.29, 0.717) is 0 Å². The van der Waals surface area contributed by atoms with Gasteiger partial charge in [-0.2, -0.15) is 16.8 Å². The van der Waals surface area contributed by atoms with Crippen molar-refractivity contribution in [2.45, 2.75) is 0 Å². The summed E-state index contributed by atoms with van der Waals surface area (Å²) < 4.78 is 63.2. The third kappa shape index (κ3) is 2690. The normalized spacial score (nSPS) is 8.92. The van der Waals surface area contributed by atoms with Crippen molar-refractivity contribution >= 4 is 20.8 Å². The molecule has 0 aromatic carbocycles. The fraction of sp³-hybridized carbons (Fsp3) is 0. The maximum absolute atomic E-state index is 8.74. The first-order chi connectivity index (χ1) is 4.00. The molecule has 0 aliphatic heterocycles. The van der Waals surface area contributed by atoms with Crippen LogP contribution in [0.15, 0.2) is 0 Å². The minimum absolute atomic E-state index is 0. The summed E-state index contributed by atoms with van der Waals surface area (Å²) in [6, 6.07) is 0. The quantitative estimate of drug-likeness (QED) is 0.306. The van der Waals surface area contributed by atoms with Crippen LogP contribution in [0.3, 0.4) is 0 Å². The topological polar surface area (TPSA) is 178 Å². The first-order valence-corrected chi connectivity index (χ1v) is 4.19. The first kappa shape index (κ1) is 29.2. The monoisotopic (exact) mass is 338 g/mol. The Kier molecular flexibility index (Phi) is 24.3. The molecule has 0 aliphatic carbocycles. The molecule has 0 atom stereocenters. The summed E-state index contributed by atoms with van der Waals surface area (Å²) in [4.78, 5) is 0. The van der Waals surface area contributed by atoms with Crippen LogP contribution in [0.25, 0.3) is 0 Å². The van der Waals surface area contributed by atoms with Gasteiger partial charge in [0.2, 0.25) is 0 Å². The van der Waals surface area contributed by atoms with Crippen LogP contribution in [-0.2, 0) is 60.4 Å². The minimum Gasteiger partial charge on any atom is -2.00 e. The van der Waals surface area contributed by atoms with Gasteiger partial charge in [-0.05, 0) is 0 Å². The van der Waals surface area contributed by atoms with Gasteiger partial charge in [0, 0.05) is 0 Å². The zero-order valence-electron chi connectivity index (χ0n) is 5.25. The van der Waals surface area contributed by atoms with Crippen molar-refractivity contribution in [3.8, 4) is 0 Å². The molecule has 0 heterocycles.